The molecule has 0 aliphatic heterocycles. The van der Waals surface area contributed by atoms with Crippen molar-refractivity contribution in [3.63, 3.8) is 0 Å². The van der Waals surface area contributed by atoms with Gasteiger partial charge >= 0.3 is 0 Å². The van der Waals surface area contributed by atoms with Crippen LogP contribution in [0.5, 0.6) is 11.5 Å². The Hall–Kier alpha value is -1.91. The number of hydrogen-bond donors (Lipinski definition) is 1. The minimum absolute atomic E-state index is 0.0189. The fourth-order valence-corrected chi connectivity index (χ4v) is 1.33. The lowest BCUT2D eigenvalue weighted by Gasteiger charge is -2.21. The van der Waals surface area contributed by atoms with Gasteiger partial charge in [0.15, 0.2) is 18.1 Å². The maximum absolute atomic E-state index is 11.8. The van der Waals surface area contributed by atoms with E-state index in [-0.39, 0.29) is 18.6 Å². The summed E-state index contributed by atoms with van der Waals surface area (Å²) in [4.78, 5) is 13.4. The van der Waals surface area contributed by atoms with Crippen LogP contribution in [0.25, 0.3) is 0 Å². The monoisotopic (exact) mass is 252 g/mol. The number of methoxy groups -OCH3 is 1. The van der Waals surface area contributed by atoms with Crippen LogP contribution < -0.4 is 15.2 Å². The Kier molecular flexibility index (Phi) is 4.83. The van der Waals surface area contributed by atoms with Gasteiger partial charge in [0.1, 0.15) is 0 Å². The van der Waals surface area contributed by atoms with Crippen LogP contribution >= 0.6 is 0 Å². The average Bonchev–Trinajstić information content (AvgIpc) is 2.35. The summed E-state index contributed by atoms with van der Waals surface area (Å²) < 4.78 is 10.6. The molecule has 1 rings (SSSR count). The largest absolute Gasteiger partial charge is 0.493 e. The summed E-state index contributed by atoms with van der Waals surface area (Å²) >= 11 is 0. The van der Waals surface area contributed by atoms with Crippen molar-refractivity contribution in [3.8, 4) is 11.5 Å². The Morgan fingerprint density at radius 1 is 1.39 bits per heavy atom. The number of nitrogens with zero attached hydrogens (tertiary/aromatic N) is 1. The summed E-state index contributed by atoms with van der Waals surface area (Å²) in [5.74, 6) is 0.955. The summed E-state index contributed by atoms with van der Waals surface area (Å²) in [5.41, 5.74) is 6.22. The molecular formula is C13H20N2O3. The molecule has 0 saturated carbocycles. The Morgan fingerprint density at radius 3 is 2.61 bits per heavy atom. The van der Waals surface area contributed by atoms with Crippen LogP contribution in [-0.4, -0.2) is 37.6 Å². The summed E-state index contributed by atoms with van der Waals surface area (Å²) in [5, 5.41) is 0. The van der Waals surface area contributed by atoms with Gasteiger partial charge in [-0.3, -0.25) is 4.79 Å². The molecule has 2 N–H and O–H groups in total. The molecule has 0 aromatic heterocycles. The van der Waals surface area contributed by atoms with Crippen LogP contribution in [0.2, 0.25) is 0 Å². The highest BCUT2D eigenvalue weighted by Crippen LogP contribution is 2.28. The second-order valence-electron chi connectivity index (χ2n) is 4.30. The standard InChI is InChI=1S/C13H20N2O3/c1-9(2)15(3)13(16)8-18-11-6-5-10(14)7-12(11)17-4/h5-7,9H,8,14H2,1-4H3. The first kappa shape index (κ1) is 14.2. The number of nitrogen functional groups attached to an aromatic ring is 1. The van der Waals surface area contributed by atoms with Crippen LogP contribution in [0.3, 0.4) is 0 Å². The molecular weight excluding hydrogens is 232 g/mol. The molecule has 0 aliphatic carbocycles. The van der Waals surface area contributed by atoms with Crippen LogP contribution in [0, 0.1) is 0 Å². The highest BCUT2D eigenvalue weighted by atomic mass is 16.5. The summed E-state index contributed by atoms with van der Waals surface area (Å²) in [6.45, 7) is 3.87. The molecule has 0 aliphatic rings. The molecule has 100 valence electrons. The smallest absolute Gasteiger partial charge is 0.260 e. The molecule has 18 heavy (non-hydrogen) atoms. The van der Waals surface area contributed by atoms with E-state index in [9.17, 15) is 4.79 Å². The average molecular weight is 252 g/mol. The van der Waals surface area contributed by atoms with Gasteiger partial charge in [0.2, 0.25) is 0 Å². The van der Waals surface area contributed by atoms with Gasteiger partial charge in [0.05, 0.1) is 7.11 Å². The summed E-state index contributed by atoms with van der Waals surface area (Å²) in [6, 6.07) is 5.20. The second-order valence-corrected chi connectivity index (χ2v) is 4.30. The number of hydrogen-bond acceptors (Lipinski definition) is 4. The van der Waals surface area contributed by atoms with Gasteiger partial charge in [-0.05, 0) is 26.0 Å². The van der Waals surface area contributed by atoms with Crippen LogP contribution in [0.1, 0.15) is 13.8 Å². The number of benzene rings is 1. The molecule has 1 amide bonds. The van der Waals surface area contributed by atoms with Crippen molar-refractivity contribution in [2.24, 2.45) is 0 Å². The number of rotatable bonds is 5. The first-order valence-corrected chi connectivity index (χ1v) is 5.77. The lowest BCUT2D eigenvalue weighted by molar-refractivity contribution is -0.133. The zero-order valence-corrected chi connectivity index (χ0v) is 11.3. The Balaban J connectivity index is 2.66. The van der Waals surface area contributed by atoms with Gasteiger partial charge in [-0.15, -0.1) is 0 Å². The molecule has 0 atom stereocenters. The van der Waals surface area contributed by atoms with E-state index in [0.29, 0.717) is 17.2 Å². The highest BCUT2D eigenvalue weighted by molar-refractivity contribution is 5.77. The van der Waals surface area contributed by atoms with Crippen LogP contribution in [0.15, 0.2) is 18.2 Å². The Labute approximate surface area is 107 Å². The van der Waals surface area contributed by atoms with E-state index >= 15 is 0 Å². The molecule has 1 aromatic rings. The van der Waals surface area contributed by atoms with Crippen molar-refractivity contribution in [2.45, 2.75) is 19.9 Å². The molecule has 0 radical (unpaired) electrons. The molecule has 0 heterocycles. The molecule has 0 fully saturated rings. The third kappa shape index (κ3) is 3.55. The third-order valence-electron chi connectivity index (χ3n) is 2.71. The van der Waals surface area contributed by atoms with Crippen molar-refractivity contribution in [1.29, 1.82) is 0 Å². The SMILES string of the molecule is COc1cc(N)ccc1OCC(=O)N(C)C(C)C. The zero-order valence-electron chi connectivity index (χ0n) is 11.3. The number of amides is 1. The van der Waals surface area contributed by atoms with E-state index in [2.05, 4.69) is 0 Å². The maximum Gasteiger partial charge on any atom is 0.260 e. The molecule has 5 nitrogen and oxygen atoms in total. The molecule has 0 saturated heterocycles. The number of nitrogens with two attached hydrogens (primary N) is 1. The number of carbonyl (C=O) groups excluding carboxylic acids is 1. The Morgan fingerprint density at radius 2 is 2.06 bits per heavy atom. The fourth-order valence-electron chi connectivity index (χ4n) is 1.33. The van der Waals surface area contributed by atoms with Crippen LogP contribution in [0.4, 0.5) is 5.69 Å². The quantitative estimate of drug-likeness (QED) is 0.807. The molecule has 0 unspecified atom stereocenters. The van der Waals surface area contributed by atoms with E-state index in [4.69, 9.17) is 15.2 Å². The van der Waals surface area contributed by atoms with E-state index in [1.165, 1.54) is 7.11 Å². The van der Waals surface area contributed by atoms with Gasteiger partial charge in [0, 0.05) is 24.8 Å². The second kappa shape index (κ2) is 6.14. The first-order chi connectivity index (χ1) is 8.45. The third-order valence-corrected chi connectivity index (χ3v) is 2.71. The van der Waals surface area contributed by atoms with E-state index < -0.39 is 0 Å². The first-order valence-electron chi connectivity index (χ1n) is 5.77. The highest BCUT2D eigenvalue weighted by Gasteiger charge is 2.13. The van der Waals surface area contributed by atoms with Gasteiger partial charge in [-0.2, -0.15) is 0 Å². The topological polar surface area (TPSA) is 64.8 Å². The Bertz CT molecular complexity index is 419. The number of ether oxygens (including phenoxy) is 2. The normalized spacial score (nSPS) is 10.3. The minimum Gasteiger partial charge on any atom is -0.493 e. The predicted molar refractivity (Wildman–Crippen MR) is 70.8 cm³/mol. The number of anilines is 1. The summed E-state index contributed by atoms with van der Waals surface area (Å²) in [7, 11) is 3.28. The van der Waals surface area contributed by atoms with Crippen LogP contribution in [-0.2, 0) is 4.79 Å². The fraction of sp³-hybridized carbons (Fsp3) is 0.462. The number of carbonyl (C=O) groups is 1. The molecule has 0 bridgehead atoms. The molecule has 5 heteroatoms. The minimum atomic E-state index is -0.0797. The van der Waals surface area contributed by atoms with E-state index in [0.717, 1.165) is 0 Å². The van der Waals surface area contributed by atoms with E-state index in [1.54, 1.807) is 30.1 Å². The van der Waals surface area contributed by atoms with Gasteiger partial charge in [0.25, 0.3) is 5.91 Å². The van der Waals surface area contributed by atoms with Crippen molar-refractivity contribution >= 4 is 11.6 Å². The van der Waals surface area contributed by atoms with Crippen molar-refractivity contribution in [2.75, 3.05) is 26.5 Å². The maximum atomic E-state index is 11.8. The van der Waals surface area contributed by atoms with Crippen molar-refractivity contribution in [3.05, 3.63) is 18.2 Å². The predicted octanol–water partition coefficient (Wildman–Crippen LogP) is 1.52. The lowest BCUT2D eigenvalue weighted by Crippen LogP contribution is -2.36. The zero-order chi connectivity index (χ0) is 13.7. The lowest BCUT2D eigenvalue weighted by atomic mass is 10.3. The van der Waals surface area contributed by atoms with Gasteiger partial charge < -0.3 is 20.1 Å². The van der Waals surface area contributed by atoms with Crippen molar-refractivity contribution in [1.82, 2.24) is 4.90 Å². The summed E-state index contributed by atoms with van der Waals surface area (Å²) in [6.07, 6.45) is 0. The van der Waals surface area contributed by atoms with Crippen molar-refractivity contribution < 1.29 is 14.3 Å². The number of likely N-dealkylation sites (N-methyl/N-ethyl adjacent to an activating group) is 1. The van der Waals surface area contributed by atoms with Gasteiger partial charge in [-0.25, -0.2) is 0 Å². The van der Waals surface area contributed by atoms with Gasteiger partial charge in [-0.1, -0.05) is 0 Å². The molecule has 1 aromatic carbocycles. The molecule has 0 spiro atoms. The van der Waals surface area contributed by atoms with E-state index in [1.807, 2.05) is 13.8 Å².